The summed E-state index contributed by atoms with van der Waals surface area (Å²) in [6, 6.07) is 6.16. The van der Waals surface area contributed by atoms with Gasteiger partial charge in [-0.25, -0.2) is 0 Å². The zero-order valence-corrected chi connectivity index (χ0v) is 9.42. The molecule has 1 aromatic rings. The molecule has 78 valence electrons. The van der Waals surface area contributed by atoms with E-state index in [-0.39, 0.29) is 6.10 Å². The maximum absolute atomic E-state index is 5.80. The average Bonchev–Trinajstić information content (AvgIpc) is 2.13. The van der Waals surface area contributed by atoms with Crippen molar-refractivity contribution in [3.8, 4) is 5.75 Å². The highest BCUT2D eigenvalue weighted by molar-refractivity contribution is 5.38. The van der Waals surface area contributed by atoms with Crippen molar-refractivity contribution in [2.24, 2.45) is 0 Å². The van der Waals surface area contributed by atoms with Gasteiger partial charge in [-0.2, -0.15) is 0 Å². The van der Waals surface area contributed by atoms with Crippen molar-refractivity contribution >= 4 is 0 Å². The number of likely N-dealkylation sites (N-methyl/N-ethyl adjacent to an activating group) is 1. The van der Waals surface area contributed by atoms with E-state index in [4.69, 9.17) is 4.74 Å². The third kappa shape index (κ3) is 2.74. The first-order valence-corrected chi connectivity index (χ1v) is 5.02. The van der Waals surface area contributed by atoms with Gasteiger partial charge in [-0.05, 0) is 45.0 Å². The maximum atomic E-state index is 5.80. The Kier molecular flexibility index (Phi) is 3.96. The molecule has 1 aromatic carbocycles. The van der Waals surface area contributed by atoms with Gasteiger partial charge in [0, 0.05) is 6.54 Å². The molecular weight excluding hydrogens is 174 g/mol. The van der Waals surface area contributed by atoms with Crippen molar-refractivity contribution in [2.45, 2.75) is 26.9 Å². The third-order valence-electron chi connectivity index (χ3n) is 2.37. The number of hydrogen-bond acceptors (Lipinski definition) is 2. The number of benzene rings is 1. The van der Waals surface area contributed by atoms with Crippen LogP contribution in [0.15, 0.2) is 18.2 Å². The average molecular weight is 193 g/mol. The fourth-order valence-corrected chi connectivity index (χ4v) is 1.40. The molecule has 2 nitrogen and oxygen atoms in total. The van der Waals surface area contributed by atoms with Gasteiger partial charge in [0.05, 0.1) is 0 Å². The molecule has 0 aromatic heterocycles. The number of nitrogens with one attached hydrogen (secondary N) is 1. The van der Waals surface area contributed by atoms with Crippen LogP contribution in [-0.4, -0.2) is 19.7 Å². The Labute approximate surface area is 86.3 Å². The van der Waals surface area contributed by atoms with E-state index < -0.39 is 0 Å². The summed E-state index contributed by atoms with van der Waals surface area (Å²) < 4.78 is 5.80. The minimum absolute atomic E-state index is 0.209. The molecule has 1 rings (SSSR count). The van der Waals surface area contributed by atoms with Gasteiger partial charge in [0.25, 0.3) is 0 Å². The zero-order valence-electron chi connectivity index (χ0n) is 9.42. The van der Waals surface area contributed by atoms with Crippen LogP contribution in [0, 0.1) is 13.8 Å². The Bertz CT molecular complexity index is 296. The second kappa shape index (κ2) is 5.01. The molecule has 0 saturated heterocycles. The molecule has 0 bridgehead atoms. The minimum Gasteiger partial charge on any atom is -0.489 e. The van der Waals surface area contributed by atoms with Crippen LogP contribution in [0.4, 0.5) is 0 Å². The highest BCUT2D eigenvalue weighted by atomic mass is 16.5. The van der Waals surface area contributed by atoms with Gasteiger partial charge in [0.2, 0.25) is 0 Å². The van der Waals surface area contributed by atoms with E-state index in [0.29, 0.717) is 0 Å². The van der Waals surface area contributed by atoms with E-state index in [1.165, 1.54) is 11.1 Å². The van der Waals surface area contributed by atoms with Crippen molar-refractivity contribution in [1.82, 2.24) is 5.32 Å². The third-order valence-corrected chi connectivity index (χ3v) is 2.37. The molecule has 14 heavy (non-hydrogen) atoms. The number of rotatable bonds is 4. The first kappa shape index (κ1) is 11.1. The summed E-state index contributed by atoms with van der Waals surface area (Å²) in [5, 5.41) is 3.10. The van der Waals surface area contributed by atoms with E-state index in [0.717, 1.165) is 12.3 Å². The normalized spacial score (nSPS) is 12.6. The molecular formula is C12H19NO. The molecule has 0 aliphatic rings. The summed E-state index contributed by atoms with van der Waals surface area (Å²) in [6.45, 7) is 7.13. The first-order valence-electron chi connectivity index (χ1n) is 5.02. The fraction of sp³-hybridized carbons (Fsp3) is 0.500. The highest BCUT2D eigenvalue weighted by Gasteiger charge is 2.05. The van der Waals surface area contributed by atoms with E-state index in [2.05, 4.69) is 32.2 Å². The van der Waals surface area contributed by atoms with E-state index in [9.17, 15) is 0 Å². The van der Waals surface area contributed by atoms with Gasteiger partial charge in [-0.3, -0.25) is 0 Å². The fourth-order valence-electron chi connectivity index (χ4n) is 1.40. The molecule has 0 fully saturated rings. The Morgan fingerprint density at radius 2 is 2.07 bits per heavy atom. The van der Waals surface area contributed by atoms with Crippen molar-refractivity contribution in [3.63, 3.8) is 0 Å². The Morgan fingerprint density at radius 3 is 2.71 bits per heavy atom. The summed E-state index contributed by atoms with van der Waals surface area (Å²) in [7, 11) is 1.93. The molecule has 1 N–H and O–H groups in total. The maximum Gasteiger partial charge on any atom is 0.122 e. The van der Waals surface area contributed by atoms with Gasteiger partial charge in [0.15, 0.2) is 0 Å². The van der Waals surface area contributed by atoms with Crippen LogP contribution in [0.25, 0.3) is 0 Å². The van der Waals surface area contributed by atoms with Crippen LogP contribution >= 0.6 is 0 Å². The standard InChI is InChI=1S/C12H19NO/c1-9-6-5-7-12(11(9)3)14-10(2)8-13-4/h5-7,10,13H,8H2,1-4H3. The van der Waals surface area contributed by atoms with E-state index >= 15 is 0 Å². The van der Waals surface area contributed by atoms with Crippen LogP contribution in [0.2, 0.25) is 0 Å². The molecule has 1 unspecified atom stereocenters. The van der Waals surface area contributed by atoms with Crippen LogP contribution in [0.5, 0.6) is 5.75 Å². The minimum atomic E-state index is 0.209. The van der Waals surface area contributed by atoms with Gasteiger partial charge in [-0.15, -0.1) is 0 Å². The van der Waals surface area contributed by atoms with Gasteiger partial charge < -0.3 is 10.1 Å². The van der Waals surface area contributed by atoms with Crippen LogP contribution in [0.1, 0.15) is 18.1 Å². The van der Waals surface area contributed by atoms with Gasteiger partial charge in [0.1, 0.15) is 11.9 Å². The quantitative estimate of drug-likeness (QED) is 0.792. The summed E-state index contributed by atoms with van der Waals surface area (Å²) in [6.07, 6.45) is 0.209. The van der Waals surface area contributed by atoms with E-state index in [1.807, 2.05) is 19.2 Å². The molecule has 2 heteroatoms. The van der Waals surface area contributed by atoms with Crippen LogP contribution < -0.4 is 10.1 Å². The van der Waals surface area contributed by atoms with Crippen molar-refractivity contribution < 1.29 is 4.74 Å². The lowest BCUT2D eigenvalue weighted by Crippen LogP contribution is -2.26. The lowest BCUT2D eigenvalue weighted by Gasteiger charge is -2.16. The molecule has 0 saturated carbocycles. The molecule has 1 atom stereocenters. The first-order chi connectivity index (χ1) is 6.65. The Morgan fingerprint density at radius 1 is 1.36 bits per heavy atom. The zero-order chi connectivity index (χ0) is 10.6. The Balaban J connectivity index is 2.71. The summed E-state index contributed by atoms with van der Waals surface area (Å²) in [5.41, 5.74) is 2.51. The largest absolute Gasteiger partial charge is 0.489 e. The van der Waals surface area contributed by atoms with Gasteiger partial charge >= 0.3 is 0 Å². The second-order valence-electron chi connectivity index (χ2n) is 3.68. The molecule has 0 aliphatic carbocycles. The molecule has 0 spiro atoms. The summed E-state index contributed by atoms with van der Waals surface area (Å²) in [5.74, 6) is 0.993. The Hall–Kier alpha value is -1.02. The SMILES string of the molecule is CNCC(C)Oc1cccc(C)c1C. The summed E-state index contributed by atoms with van der Waals surface area (Å²) >= 11 is 0. The van der Waals surface area contributed by atoms with Crippen molar-refractivity contribution in [2.75, 3.05) is 13.6 Å². The predicted octanol–water partition coefficient (Wildman–Crippen LogP) is 2.29. The van der Waals surface area contributed by atoms with Crippen LogP contribution in [-0.2, 0) is 0 Å². The molecule has 0 amide bonds. The number of ether oxygens (including phenoxy) is 1. The van der Waals surface area contributed by atoms with E-state index in [1.54, 1.807) is 0 Å². The molecule has 0 aliphatic heterocycles. The number of hydrogen-bond donors (Lipinski definition) is 1. The molecule has 0 radical (unpaired) electrons. The van der Waals surface area contributed by atoms with Crippen molar-refractivity contribution in [1.29, 1.82) is 0 Å². The lowest BCUT2D eigenvalue weighted by atomic mass is 10.1. The second-order valence-corrected chi connectivity index (χ2v) is 3.68. The monoisotopic (exact) mass is 193 g/mol. The molecule has 0 heterocycles. The van der Waals surface area contributed by atoms with Gasteiger partial charge in [-0.1, -0.05) is 12.1 Å². The highest BCUT2D eigenvalue weighted by Crippen LogP contribution is 2.21. The predicted molar refractivity (Wildman–Crippen MR) is 59.9 cm³/mol. The van der Waals surface area contributed by atoms with Crippen LogP contribution in [0.3, 0.4) is 0 Å². The topological polar surface area (TPSA) is 21.3 Å². The lowest BCUT2D eigenvalue weighted by molar-refractivity contribution is 0.219. The summed E-state index contributed by atoms with van der Waals surface area (Å²) in [4.78, 5) is 0. The number of aryl methyl sites for hydroxylation is 1. The smallest absolute Gasteiger partial charge is 0.122 e. The van der Waals surface area contributed by atoms with Crippen molar-refractivity contribution in [3.05, 3.63) is 29.3 Å².